The second kappa shape index (κ2) is 5.15. The molecule has 0 saturated heterocycles. The highest BCUT2D eigenvalue weighted by Gasteiger charge is 2.06. The molecule has 1 heterocycles. The van der Waals surface area contributed by atoms with Crippen LogP contribution in [-0.2, 0) is 11.3 Å². The van der Waals surface area contributed by atoms with Crippen LogP contribution in [0.5, 0.6) is 0 Å². The Kier molecular flexibility index (Phi) is 3.39. The molecular weight excluding hydrogens is 230 g/mol. The van der Waals surface area contributed by atoms with E-state index < -0.39 is 0 Å². The average molecular weight is 241 g/mol. The van der Waals surface area contributed by atoms with Crippen LogP contribution in [0, 0.1) is 11.3 Å². The first-order valence-corrected chi connectivity index (χ1v) is 5.42. The van der Waals surface area contributed by atoms with Gasteiger partial charge in [-0.1, -0.05) is 12.1 Å². The Labute approximate surface area is 104 Å². The highest BCUT2D eigenvalue weighted by atomic mass is 16.1. The van der Waals surface area contributed by atoms with Crippen LogP contribution >= 0.6 is 0 Å². The fourth-order valence-electron chi connectivity index (χ4n) is 1.76. The number of benzene rings is 1. The van der Waals surface area contributed by atoms with Crippen molar-refractivity contribution in [1.29, 1.82) is 5.26 Å². The number of rotatable bonds is 4. The number of nitrogens with zero attached hydrogens (tertiary/aromatic N) is 2. The molecule has 2 aromatic rings. The maximum absolute atomic E-state index is 11.5. The fourth-order valence-corrected chi connectivity index (χ4v) is 1.76. The van der Waals surface area contributed by atoms with Gasteiger partial charge in [0.2, 0.25) is 5.91 Å². The minimum absolute atomic E-state index is 0.00236. The number of aromatic nitrogens is 1. The van der Waals surface area contributed by atoms with Crippen molar-refractivity contribution in [3.63, 3.8) is 0 Å². The first-order valence-electron chi connectivity index (χ1n) is 5.42. The molecule has 0 spiro atoms. The van der Waals surface area contributed by atoms with Crippen molar-refractivity contribution in [3.8, 4) is 6.07 Å². The van der Waals surface area contributed by atoms with Gasteiger partial charge in [-0.15, -0.1) is 0 Å². The molecule has 0 unspecified atom stereocenters. The van der Waals surface area contributed by atoms with Crippen LogP contribution in [0.15, 0.2) is 30.5 Å². The van der Waals surface area contributed by atoms with E-state index in [1.165, 1.54) is 0 Å². The van der Waals surface area contributed by atoms with Crippen LogP contribution in [0.3, 0.4) is 0 Å². The van der Waals surface area contributed by atoms with Gasteiger partial charge < -0.3 is 9.88 Å². The SMILES string of the molecule is N#CCNC(=O)Cn1ccc2ccc(C=O)cc21. The lowest BCUT2D eigenvalue weighted by molar-refractivity contribution is -0.121. The number of hydrogen-bond acceptors (Lipinski definition) is 3. The van der Waals surface area contributed by atoms with Crippen LogP contribution < -0.4 is 5.32 Å². The second-order valence-electron chi connectivity index (χ2n) is 3.81. The summed E-state index contributed by atoms with van der Waals surface area (Å²) in [6.07, 6.45) is 2.55. The zero-order chi connectivity index (χ0) is 13.0. The Balaban J connectivity index is 2.25. The Morgan fingerprint density at radius 1 is 1.44 bits per heavy atom. The van der Waals surface area contributed by atoms with E-state index in [1.54, 1.807) is 22.9 Å². The predicted molar refractivity (Wildman–Crippen MR) is 65.9 cm³/mol. The molecule has 0 aliphatic rings. The number of carbonyl (C=O) groups is 2. The maximum Gasteiger partial charge on any atom is 0.240 e. The van der Waals surface area contributed by atoms with Crippen molar-refractivity contribution in [2.24, 2.45) is 0 Å². The molecule has 1 amide bonds. The van der Waals surface area contributed by atoms with Crippen LogP contribution in [0.4, 0.5) is 0 Å². The van der Waals surface area contributed by atoms with Gasteiger partial charge in [0.15, 0.2) is 0 Å². The van der Waals surface area contributed by atoms with Gasteiger partial charge >= 0.3 is 0 Å². The summed E-state index contributed by atoms with van der Waals surface area (Å²) in [4.78, 5) is 22.2. The summed E-state index contributed by atoms with van der Waals surface area (Å²) < 4.78 is 1.75. The largest absolute Gasteiger partial charge is 0.341 e. The molecule has 5 nitrogen and oxygen atoms in total. The molecule has 5 heteroatoms. The van der Waals surface area contributed by atoms with Crippen molar-refractivity contribution in [2.45, 2.75) is 6.54 Å². The molecule has 1 aromatic heterocycles. The average Bonchev–Trinajstić information content (AvgIpc) is 2.78. The molecule has 2 rings (SSSR count). The highest BCUT2D eigenvalue weighted by Crippen LogP contribution is 2.16. The van der Waals surface area contributed by atoms with E-state index in [2.05, 4.69) is 5.32 Å². The van der Waals surface area contributed by atoms with E-state index in [1.807, 2.05) is 18.2 Å². The van der Waals surface area contributed by atoms with Crippen molar-refractivity contribution < 1.29 is 9.59 Å². The number of amides is 1. The Bertz CT molecular complexity index is 637. The quantitative estimate of drug-likeness (QED) is 0.643. The molecule has 90 valence electrons. The summed E-state index contributed by atoms with van der Waals surface area (Å²) >= 11 is 0. The molecule has 18 heavy (non-hydrogen) atoms. The lowest BCUT2D eigenvalue weighted by Crippen LogP contribution is -2.27. The van der Waals surface area contributed by atoms with Crippen molar-refractivity contribution in [3.05, 3.63) is 36.0 Å². The standard InChI is InChI=1S/C13H11N3O2/c14-4-5-15-13(18)8-16-6-3-11-2-1-10(9-17)7-12(11)16/h1-3,6-7,9H,5,8H2,(H,15,18). The number of aldehydes is 1. The number of fused-ring (bicyclic) bond motifs is 1. The van der Waals surface area contributed by atoms with Crippen molar-refractivity contribution in [2.75, 3.05) is 6.54 Å². The van der Waals surface area contributed by atoms with Gasteiger partial charge in [-0.3, -0.25) is 9.59 Å². The monoisotopic (exact) mass is 241 g/mol. The third kappa shape index (κ3) is 2.38. The third-order valence-electron chi connectivity index (χ3n) is 2.61. The molecule has 0 fully saturated rings. The molecular formula is C13H11N3O2. The summed E-state index contributed by atoms with van der Waals surface area (Å²) in [5, 5.41) is 11.8. The van der Waals surface area contributed by atoms with Gasteiger partial charge in [0.05, 0.1) is 6.07 Å². The van der Waals surface area contributed by atoms with Crippen LogP contribution in [0.1, 0.15) is 10.4 Å². The molecule has 0 atom stereocenters. The van der Waals surface area contributed by atoms with E-state index in [0.717, 1.165) is 17.2 Å². The fraction of sp³-hybridized carbons (Fsp3) is 0.154. The summed E-state index contributed by atoms with van der Waals surface area (Å²) in [6.45, 7) is 0.130. The smallest absolute Gasteiger partial charge is 0.240 e. The van der Waals surface area contributed by atoms with Gasteiger partial charge in [-0.05, 0) is 17.5 Å². The molecule has 0 saturated carbocycles. The molecule has 0 aliphatic heterocycles. The Morgan fingerprint density at radius 2 is 2.28 bits per heavy atom. The van der Waals surface area contributed by atoms with E-state index in [0.29, 0.717) is 5.56 Å². The van der Waals surface area contributed by atoms with E-state index >= 15 is 0 Å². The van der Waals surface area contributed by atoms with Crippen LogP contribution in [0.2, 0.25) is 0 Å². The third-order valence-corrected chi connectivity index (χ3v) is 2.61. The zero-order valence-electron chi connectivity index (χ0n) is 9.59. The van der Waals surface area contributed by atoms with Gasteiger partial charge in [0, 0.05) is 17.3 Å². The van der Waals surface area contributed by atoms with Gasteiger partial charge in [0.25, 0.3) is 0 Å². The summed E-state index contributed by atoms with van der Waals surface area (Å²) in [5.74, 6) is -0.231. The lowest BCUT2D eigenvalue weighted by atomic mass is 10.2. The highest BCUT2D eigenvalue weighted by molar-refractivity contribution is 5.88. The minimum Gasteiger partial charge on any atom is -0.341 e. The Morgan fingerprint density at radius 3 is 3.00 bits per heavy atom. The topological polar surface area (TPSA) is 74.9 Å². The second-order valence-corrected chi connectivity index (χ2v) is 3.81. The van der Waals surface area contributed by atoms with Crippen LogP contribution in [0.25, 0.3) is 10.9 Å². The number of nitriles is 1. The zero-order valence-corrected chi connectivity index (χ0v) is 9.59. The number of nitrogens with one attached hydrogen (secondary N) is 1. The van der Waals surface area contributed by atoms with E-state index in [-0.39, 0.29) is 19.0 Å². The molecule has 0 aliphatic carbocycles. The van der Waals surface area contributed by atoms with E-state index in [4.69, 9.17) is 5.26 Å². The first kappa shape index (κ1) is 11.9. The van der Waals surface area contributed by atoms with Crippen LogP contribution in [-0.4, -0.2) is 23.3 Å². The van der Waals surface area contributed by atoms with Gasteiger partial charge in [0.1, 0.15) is 19.4 Å². The molecule has 1 N–H and O–H groups in total. The molecule has 0 radical (unpaired) electrons. The Hall–Kier alpha value is -2.61. The number of hydrogen-bond donors (Lipinski definition) is 1. The molecule has 0 bridgehead atoms. The molecule has 1 aromatic carbocycles. The van der Waals surface area contributed by atoms with Gasteiger partial charge in [-0.25, -0.2) is 0 Å². The summed E-state index contributed by atoms with van der Waals surface area (Å²) in [7, 11) is 0. The van der Waals surface area contributed by atoms with Gasteiger partial charge in [-0.2, -0.15) is 5.26 Å². The summed E-state index contributed by atoms with van der Waals surface area (Å²) in [6, 6.07) is 9.03. The maximum atomic E-state index is 11.5. The normalized spacial score (nSPS) is 9.94. The van der Waals surface area contributed by atoms with E-state index in [9.17, 15) is 9.59 Å². The number of carbonyl (C=O) groups excluding carboxylic acids is 2. The predicted octanol–water partition coefficient (Wildman–Crippen LogP) is 1.09. The summed E-state index contributed by atoms with van der Waals surface area (Å²) in [5.41, 5.74) is 1.39. The minimum atomic E-state index is -0.231. The first-order chi connectivity index (χ1) is 8.74. The van der Waals surface area contributed by atoms with Crippen molar-refractivity contribution in [1.82, 2.24) is 9.88 Å². The lowest BCUT2D eigenvalue weighted by Gasteiger charge is -2.05. The van der Waals surface area contributed by atoms with Crippen molar-refractivity contribution >= 4 is 23.1 Å².